The third-order valence-corrected chi connectivity index (χ3v) is 4.34. The number of pyridine rings is 1. The van der Waals surface area contributed by atoms with Crippen LogP contribution in [0.15, 0.2) is 40.9 Å². The molecule has 5 nitrogen and oxygen atoms in total. The van der Waals surface area contributed by atoms with Crippen molar-refractivity contribution < 1.29 is 9.59 Å². The molecule has 2 aromatic rings. The monoisotopic (exact) mass is 379 g/mol. The van der Waals surface area contributed by atoms with E-state index < -0.39 is 0 Å². The minimum atomic E-state index is -0.380. The summed E-state index contributed by atoms with van der Waals surface area (Å²) in [4.78, 5) is 28.0. The largest absolute Gasteiger partial charge is 0.314 e. The lowest BCUT2D eigenvalue weighted by molar-refractivity contribution is 0.0984. The number of carbonyl (C=O) groups is 2. The second-order valence-electron chi connectivity index (χ2n) is 4.52. The van der Waals surface area contributed by atoms with Gasteiger partial charge in [0, 0.05) is 11.3 Å². The lowest BCUT2D eigenvalue weighted by atomic mass is 10.2. The Morgan fingerprint density at radius 1 is 1.18 bits per heavy atom. The molecule has 22 heavy (non-hydrogen) atoms. The van der Waals surface area contributed by atoms with Crippen molar-refractivity contribution in [3.63, 3.8) is 0 Å². The molecule has 2 rings (SSSR count). The summed E-state index contributed by atoms with van der Waals surface area (Å²) in [7, 11) is 0. The maximum atomic E-state index is 11.9. The Kier molecular flexibility index (Phi) is 5.57. The third kappa shape index (κ3) is 4.32. The normalized spacial score (nSPS) is 10.1. The van der Waals surface area contributed by atoms with Crippen molar-refractivity contribution in [3.05, 3.63) is 57.8 Å². The van der Waals surface area contributed by atoms with Crippen molar-refractivity contribution in [1.82, 2.24) is 9.71 Å². The summed E-state index contributed by atoms with van der Waals surface area (Å²) >= 11 is 4.09. The lowest BCUT2D eigenvalue weighted by Crippen LogP contribution is -2.20. The van der Waals surface area contributed by atoms with Crippen LogP contribution in [0.3, 0.4) is 0 Å². The van der Waals surface area contributed by atoms with Gasteiger partial charge in [0.15, 0.2) is 0 Å². The Morgan fingerprint density at radius 3 is 2.55 bits per heavy atom. The number of hydrogen-bond donors (Lipinski definition) is 2. The minimum absolute atomic E-state index is 0.318. The number of rotatable bonds is 2. The highest BCUT2D eigenvalue weighted by atomic mass is 79.9. The third-order valence-electron chi connectivity index (χ3n) is 2.76. The van der Waals surface area contributed by atoms with Gasteiger partial charge in [-0.05, 0) is 48.0 Å². The fraction of sp³-hybridized carbons (Fsp3) is 0.133. The van der Waals surface area contributed by atoms with Gasteiger partial charge in [-0.1, -0.05) is 18.2 Å². The molecule has 0 bridgehead atoms. The number of amides is 2. The van der Waals surface area contributed by atoms with Gasteiger partial charge in [0.05, 0.1) is 27.8 Å². The van der Waals surface area contributed by atoms with Crippen LogP contribution in [-0.4, -0.2) is 16.1 Å². The van der Waals surface area contributed by atoms with Gasteiger partial charge in [-0.2, -0.15) is 0 Å². The Bertz CT molecular complexity index is 707. The predicted molar refractivity (Wildman–Crippen MR) is 91.9 cm³/mol. The first kappa shape index (κ1) is 16.5. The van der Waals surface area contributed by atoms with E-state index in [1.807, 2.05) is 19.9 Å². The molecule has 0 aliphatic heterocycles. The first-order valence-electron chi connectivity index (χ1n) is 6.44. The maximum Gasteiger partial charge on any atom is 0.304 e. The summed E-state index contributed by atoms with van der Waals surface area (Å²) in [6.45, 7) is 3.69. The van der Waals surface area contributed by atoms with Crippen LogP contribution in [0.2, 0.25) is 0 Å². The van der Waals surface area contributed by atoms with Crippen molar-refractivity contribution in [3.8, 4) is 0 Å². The van der Waals surface area contributed by atoms with Gasteiger partial charge in [0.1, 0.15) is 0 Å². The van der Waals surface area contributed by atoms with Crippen LogP contribution in [-0.2, 0) is 0 Å². The average molecular weight is 380 g/mol. The molecule has 114 valence electrons. The molecule has 7 heteroatoms. The van der Waals surface area contributed by atoms with Crippen molar-refractivity contribution in [2.75, 3.05) is 5.32 Å². The second-order valence-corrected chi connectivity index (χ2v) is 6.09. The standard InChI is InChI=1S/C15H14BrN3O2S/c1-9-8-12(13(16)10(2)17-9)18-15(21)22-19-14(20)11-6-4-3-5-7-11/h3-8H,1-2H3,(H,19,20)(H,17,18,21). The van der Waals surface area contributed by atoms with Gasteiger partial charge in [-0.15, -0.1) is 0 Å². The zero-order valence-corrected chi connectivity index (χ0v) is 14.4. The molecular formula is C15H14BrN3O2S. The number of benzene rings is 1. The number of carbonyl (C=O) groups excluding carboxylic acids is 2. The molecule has 2 N–H and O–H groups in total. The average Bonchev–Trinajstić information content (AvgIpc) is 2.50. The molecule has 0 saturated carbocycles. The maximum absolute atomic E-state index is 11.9. The van der Waals surface area contributed by atoms with Crippen LogP contribution in [0, 0.1) is 13.8 Å². The molecule has 0 aliphatic carbocycles. The number of aryl methyl sites for hydroxylation is 2. The summed E-state index contributed by atoms with van der Waals surface area (Å²) in [5.41, 5.74) is 2.71. The van der Waals surface area contributed by atoms with Crippen molar-refractivity contribution in [2.45, 2.75) is 13.8 Å². The van der Waals surface area contributed by atoms with Gasteiger partial charge in [-0.25, -0.2) is 0 Å². The van der Waals surface area contributed by atoms with E-state index in [9.17, 15) is 9.59 Å². The number of anilines is 1. The van der Waals surface area contributed by atoms with Crippen LogP contribution in [0.5, 0.6) is 0 Å². The summed E-state index contributed by atoms with van der Waals surface area (Å²) in [5, 5.41) is 2.34. The molecule has 0 fully saturated rings. The Labute approximate surface area is 141 Å². The topological polar surface area (TPSA) is 71.1 Å². The van der Waals surface area contributed by atoms with Gasteiger partial charge >= 0.3 is 5.24 Å². The molecule has 0 saturated heterocycles. The molecule has 1 heterocycles. The van der Waals surface area contributed by atoms with E-state index in [1.165, 1.54) is 0 Å². The van der Waals surface area contributed by atoms with Crippen molar-refractivity contribution in [2.24, 2.45) is 0 Å². The van der Waals surface area contributed by atoms with Gasteiger partial charge in [-0.3, -0.25) is 19.3 Å². The molecule has 1 aromatic heterocycles. The highest BCUT2D eigenvalue weighted by molar-refractivity contribution is 9.10. The van der Waals surface area contributed by atoms with Gasteiger partial charge in [0.25, 0.3) is 5.91 Å². The first-order chi connectivity index (χ1) is 10.5. The molecule has 1 aromatic carbocycles. The Balaban J connectivity index is 1.95. The minimum Gasteiger partial charge on any atom is -0.314 e. The number of aromatic nitrogens is 1. The van der Waals surface area contributed by atoms with E-state index in [4.69, 9.17) is 0 Å². The smallest absolute Gasteiger partial charge is 0.304 e. The molecule has 0 unspecified atom stereocenters. The Morgan fingerprint density at radius 2 is 1.86 bits per heavy atom. The predicted octanol–water partition coefficient (Wildman–Crippen LogP) is 4.07. The van der Waals surface area contributed by atoms with E-state index in [0.717, 1.165) is 15.9 Å². The highest BCUT2D eigenvalue weighted by Gasteiger charge is 2.12. The zero-order valence-electron chi connectivity index (χ0n) is 12.0. The molecular weight excluding hydrogens is 366 g/mol. The zero-order chi connectivity index (χ0) is 16.1. The fourth-order valence-electron chi connectivity index (χ4n) is 1.78. The van der Waals surface area contributed by atoms with Crippen molar-refractivity contribution in [1.29, 1.82) is 0 Å². The number of nitrogens with one attached hydrogen (secondary N) is 2. The van der Waals surface area contributed by atoms with Crippen LogP contribution in [0.25, 0.3) is 0 Å². The number of hydrogen-bond acceptors (Lipinski definition) is 4. The van der Waals surface area contributed by atoms with Crippen LogP contribution < -0.4 is 10.0 Å². The quantitative estimate of drug-likeness (QED) is 0.771. The van der Waals surface area contributed by atoms with Crippen LogP contribution in [0.1, 0.15) is 21.7 Å². The van der Waals surface area contributed by atoms with E-state index in [-0.39, 0.29) is 11.1 Å². The molecule has 2 amide bonds. The SMILES string of the molecule is Cc1cc(NC(=O)SNC(=O)c2ccccc2)c(Br)c(C)n1. The van der Waals surface area contributed by atoms with E-state index >= 15 is 0 Å². The number of halogens is 1. The van der Waals surface area contributed by atoms with Gasteiger partial charge < -0.3 is 5.32 Å². The van der Waals surface area contributed by atoms with Crippen LogP contribution >= 0.6 is 27.9 Å². The first-order valence-corrected chi connectivity index (χ1v) is 8.05. The number of nitrogens with zero attached hydrogens (tertiary/aromatic N) is 1. The second kappa shape index (κ2) is 7.42. The van der Waals surface area contributed by atoms with Gasteiger partial charge in [0.2, 0.25) is 0 Å². The van der Waals surface area contributed by atoms with E-state index in [2.05, 4.69) is 31.0 Å². The van der Waals surface area contributed by atoms with Crippen molar-refractivity contribution >= 4 is 44.7 Å². The van der Waals surface area contributed by atoms with E-state index in [1.54, 1.807) is 30.3 Å². The lowest BCUT2D eigenvalue weighted by Gasteiger charge is -2.10. The molecule has 0 aliphatic rings. The Hall–Kier alpha value is -1.86. The van der Waals surface area contributed by atoms with Crippen LogP contribution in [0.4, 0.5) is 10.5 Å². The highest BCUT2D eigenvalue weighted by Crippen LogP contribution is 2.26. The summed E-state index contributed by atoms with van der Waals surface area (Å²) in [6, 6.07) is 10.5. The van der Waals surface area contributed by atoms with E-state index in [0.29, 0.717) is 23.2 Å². The summed E-state index contributed by atoms with van der Waals surface area (Å²) in [5.74, 6) is -0.318. The summed E-state index contributed by atoms with van der Waals surface area (Å²) in [6.07, 6.45) is 0. The molecule has 0 radical (unpaired) electrons. The summed E-state index contributed by atoms with van der Waals surface area (Å²) < 4.78 is 3.23. The fourth-order valence-corrected chi connectivity index (χ4v) is 2.55. The molecule has 0 spiro atoms. The molecule has 0 atom stereocenters.